The Hall–Kier alpha value is -3.72. The van der Waals surface area contributed by atoms with Gasteiger partial charge in [0.15, 0.2) is 5.71 Å². The van der Waals surface area contributed by atoms with E-state index in [1.54, 1.807) is 0 Å². The van der Waals surface area contributed by atoms with Gasteiger partial charge >= 0.3 is 6.09 Å². The summed E-state index contributed by atoms with van der Waals surface area (Å²) >= 11 is 1.00. The van der Waals surface area contributed by atoms with E-state index in [-0.39, 0.29) is 23.0 Å². The molecule has 2 aromatic carbocycles. The normalized spacial score (nSPS) is 19.3. The lowest BCUT2D eigenvalue weighted by molar-refractivity contribution is -0.777. The van der Waals surface area contributed by atoms with Gasteiger partial charge in [0, 0.05) is 71.0 Å². The molecule has 5 rings (SSSR count). The fraction of sp³-hybridized carbons (Fsp3) is 0.436. The Morgan fingerprint density at radius 1 is 0.962 bits per heavy atom. The van der Waals surface area contributed by atoms with Crippen molar-refractivity contribution in [1.82, 2.24) is 5.32 Å². The Morgan fingerprint density at radius 3 is 2.42 bits per heavy atom. The summed E-state index contributed by atoms with van der Waals surface area (Å²) in [7, 11) is -2.92. The maximum atomic E-state index is 12.7. The van der Waals surface area contributed by atoms with Crippen LogP contribution in [0.5, 0.6) is 0 Å². The van der Waals surface area contributed by atoms with Gasteiger partial charge in [0.1, 0.15) is 6.54 Å². The van der Waals surface area contributed by atoms with Gasteiger partial charge in [0.2, 0.25) is 5.69 Å². The minimum absolute atomic E-state index is 0.260. The molecule has 0 unspecified atom stereocenters. The van der Waals surface area contributed by atoms with Crippen LogP contribution in [-0.2, 0) is 35.1 Å². The van der Waals surface area contributed by atoms with E-state index in [1.807, 2.05) is 12.1 Å². The maximum Gasteiger partial charge on any atom is 0.411 e. The molecule has 2 aromatic rings. The smallest absolute Gasteiger partial charge is 0.411 e. The summed E-state index contributed by atoms with van der Waals surface area (Å²) in [4.78, 5) is 15.0. The van der Waals surface area contributed by atoms with E-state index in [2.05, 4.69) is 113 Å². The number of hydrogen-bond acceptors (Lipinski definition) is 10. The molecule has 1 amide bonds. The molecular formula is C39H48N3O8S2-. The maximum absolute atomic E-state index is 12.7. The van der Waals surface area contributed by atoms with Gasteiger partial charge in [-0.1, -0.05) is 62.4 Å². The number of allylic oxidation sites excluding steroid dienone is 7. The van der Waals surface area contributed by atoms with Gasteiger partial charge in [0.25, 0.3) is 0 Å². The highest BCUT2D eigenvalue weighted by Crippen LogP contribution is 2.48. The Balaban J connectivity index is 1.47. The third-order valence-electron chi connectivity index (χ3n) is 10.2. The Labute approximate surface area is 311 Å². The molecule has 11 nitrogen and oxygen atoms in total. The number of unbranched alkanes of at least 4 members (excludes halogenated alkanes) is 2. The van der Waals surface area contributed by atoms with Crippen molar-refractivity contribution in [2.24, 2.45) is 0 Å². The molecule has 0 saturated carbocycles. The van der Waals surface area contributed by atoms with E-state index in [4.69, 9.17) is 4.74 Å². The second-order valence-electron chi connectivity index (χ2n) is 14.2. The molecule has 280 valence electrons. The Kier molecular flexibility index (Phi) is 12.9. The predicted molar refractivity (Wildman–Crippen MR) is 201 cm³/mol. The SMILES string of the molecule is COC(=O)NC1=C(/C=C/C2=[N+](CCCCS(=O)(=O)[O-])c3ccccc3C2(C)C)CC/C1=C\C=C1\N(CCCCSOO[O-])c2ccccc2C1(C)C. The van der Waals surface area contributed by atoms with Gasteiger partial charge in [-0.3, -0.25) is 10.4 Å². The lowest BCUT2D eigenvalue weighted by Crippen LogP contribution is -2.28. The lowest BCUT2D eigenvalue weighted by atomic mass is 9.81. The molecule has 0 bridgehead atoms. The average Bonchev–Trinajstić information content (AvgIpc) is 3.66. The second kappa shape index (κ2) is 17.0. The summed E-state index contributed by atoms with van der Waals surface area (Å²) in [6, 6.07) is 16.6. The van der Waals surface area contributed by atoms with Gasteiger partial charge in [-0.25, -0.2) is 13.2 Å². The van der Waals surface area contributed by atoms with E-state index in [0.29, 0.717) is 25.1 Å². The molecule has 0 radical (unpaired) electrons. The summed E-state index contributed by atoms with van der Waals surface area (Å²) in [5.74, 6) is 0.256. The van der Waals surface area contributed by atoms with Crippen molar-refractivity contribution in [3.8, 4) is 0 Å². The van der Waals surface area contributed by atoms with Crippen LogP contribution in [0, 0.1) is 0 Å². The van der Waals surface area contributed by atoms with Crippen LogP contribution < -0.4 is 15.5 Å². The summed E-state index contributed by atoms with van der Waals surface area (Å²) in [5.41, 5.74) is 8.92. The number of carbonyl (C=O) groups excluding carboxylic acids is 1. The molecule has 13 heteroatoms. The minimum Gasteiger partial charge on any atom is -0.748 e. The average molecular weight is 751 g/mol. The standard InChI is InChI=1S/C39H49N3O8S2/c1-38(2)30-14-6-8-16-32(30)41(24-10-12-26-51-50-49-44)34(38)22-20-28-18-19-29(36(28)40-37(43)48-5)21-23-35-39(3,4)31-15-7-9-17-33(31)42(35)25-11-13-27-52(45,46)47/h6-9,14-17,20-23H,10-13,18-19,24-27H2,1-5H3,(H2,44,45,46,47)/p-1/b28-20+,34-22+. The molecule has 0 aromatic heterocycles. The molecule has 1 N–H and O–H groups in total. The van der Waals surface area contributed by atoms with Crippen LogP contribution in [0.4, 0.5) is 16.2 Å². The van der Waals surface area contributed by atoms with Crippen LogP contribution >= 0.6 is 12.0 Å². The van der Waals surface area contributed by atoms with Gasteiger partial charge in [-0.05, 0) is 74.8 Å². The Morgan fingerprint density at radius 2 is 1.69 bits per heavy atom. The predicted octanol–water partition coefficient (Wildman–Crippen LogP) is 6.61. The number of fused-ring (bicyclic) bond motifs is 2. The van der Waals surface area contributed by atoms with Crippen LogP contribution in [0.2, 0.25) is 0 Å². The van der Waals surface area contributed by atoms with E-state index in [0.717, 1.165) is 71.8 Å². The zero-order valence-electron chi connectivity index (χ0n) is 30.5. The van der Waals surface area contributed by atoms with Crippen molar-refractivity contribution in [3.05, 3.63) is 107 Å². The molecule has 2 heterocycles. The topological polar surface area (TPSA) is 143 Å². The zero-order valence-corrected chi connectivity index (χ0v) is 32.1. The number of nitrogens with zero attached hydrogens (tertiary/aromatic N) is 2. The van der Waals surface area contributed by atoms with Crippen LogP contribution in [0.3, 0.4) is 0 Å². The first-order chi connectivity index (χ1) is 24.8. The number of anilines is 1. The van der Waals surface area contributed by atoms with Gasteiger partial charge in [-0.15, -0.1) is 0 Å². The number of para-hydroxylation sites is 2. The monoisotopic (exact) mass is 750 g/mol. The van der Waals surface area contributed by atoms with E-state index < -0.39 is 16.2 Å². The molecule has 0 spiro atoms. The first kappa shape index (κ1) is 39.5. The van der Waals surface area contributed by atoms with Crippen molar-refractivity contribution < 1.29 is 41.7 Å². The lowest BCUT2D eigenvalue weighted by Gasteiger charge is -2.27. The van der Waals surface area contributed by atoms with Crippen LogP contribution in [0.25, 0.3) is 0 Å². The van der Waals surface area contributed by atoms with E-state index in [1.165, 1.54) is 23.9 Å². The molecule has 0 atom stereocenters. The molecule has 2 aliphatic heterocycles. The second-order valence-corrected chi connectivity index (χ2v) is 16.5. The van der Waals surface area contributed by atoms with Crippen molar-refractivity contribution in [3.63, 3.8) is 0 Å². The van der Waals surface area contributed by atoms with Gasteiger partial charge < -0.3 is 19.4 Å². The molecule has 0 fully saturated rings. The summed E-state index contributed by atoms with van der Waals surface area (Å²) in [6.07, 6.45) is 11.9. The number of ether oxygens (including phenoxy) is 1. The minimum atomic E-state index is -4.27. The number of benzene rings is 2. The van der Waals surface area contributed by atoms with Gasteiger partial charge in [0.05, 0.1) is 28.3 Å². The van der Waals surface area contributed by atoms with Crippen molar-refractivity contribution >= 4 is 45.3 Å². The number of methoxy groups -OCH3 is 1. The molecule has 3 aliphatic rings. The highest BCUT2D eigenvalue weighted by atomic mass is 32.2. The third kappa shape index (κ3) is 8.90. The van der Waals surface area contributed by atoms with Crippen LogP contribution in [-0.4, -0.2) is 61.1 Å². The number of alkyl carbamates (subject to hydrolysis) is 1. The highest BCUT2D eigenvalue weighted by Gasteiger charge is 2.44. The number of carbonyl (C=O) groups is 1. The zero-order chi connectivity index (χ0) is 37.5. The molecule has 52 heavy (non-hydrogen) atoms. The van der Waals surface area contributed by atoms with E-state index in [9.17, 15) is 23.0 Å². The number of rotatable bonds is 16. The Bertz CT molecular complexity index is 1910. The van der Waals surface area contributed by atoms with Crippen LogP contribution in [0.15, 0.2) is 95.4 Å². The summed E-state index contributed by atoms with van der Waals surface area (Å²) in [6.45, 7) is 10.1. The van der Waals surface area contributed by atoms with Crippen molar-refractivity contribution in [1.29, 1.82) is 0 Å². The molecule has 1 aliphatic carbocycles. The highest BCUT2D eigenvalue weighted by molar-refractivity contribution is 7.94. The number of hydrogen-bond donors (Lipinski definition) is 1. The largest absolute Gasteiger partial charge is 0.748 e. The quantitative estimate of drug-likeness (QED) is 0.0498. The van der Waals surface area contributed by atoms with E-state index >= 15 is 0 Å². The van der Waals surface area contributed by atoms with Crippen molar-refractivity contribution in [2.45, 2.75) is 77.0 Å². The van der Waals surface area contributed by atoms with Gasteiger partial charge in [-0.2, -0.15) is 8.91 Å². The fourth-order valence-electron chi connectivity index (χ4n) is 7.53. The fourth-order valence-corrected chi connectivity index (χ4v) is 8.52. The number of amides is 1. The summed E-state index contributed by atoms with van der Waals surface area (Å²) < 4.78 is 45.4. The summed E-state index contributed by atoms with van der Waals surface area (Å²) in [5, 5.41) is 16.6. The first-order valence-electron chi connectivity index (χ1n) is 17.6. The first-order valence-corrected chi connectivity index (χ1v) is 20.1. The third-order valence-corrected chi connectivity index (χ3v) is 11.6. The van der Waals surface area contributed by atoms with Crippen molar-refractivity contribution in [2.75, 3.05) is 36.6 Å². The van der Waals surface area contributed by atoms with Crippen LogP contribution in [0.1, 0.15) is 77.3 Å². The molecule has 0 saturated heterocycles. The number of nitrogens with one attached hydrogen (secondary N) is 1. The molecular weight excluding hydrogens is 703 g/mol.